The van der Waals surface area contributed by atoms with Gasteiger partial charge in [0.25, 0.3) is 0 Å². The lowest BCUT2D eigenvalue weighted by molar-refractivity contribution is 0.166. The van der Waals surface area contributed by atoms with Crippen molar-refractivity contribution in [3.63, 3.8) is 0 Å². The van der Waals surface area contributed by atoms with Crippen molar-refractivity contribution < 1.29 is 5.11 Å². The van der Waals surface area contributed by atoms with Crippen molar-refractivity contribution in [1.82, 2.24) is 15.0 Å². The molecule has 5 nitrogen and oxygen atoms in total. The second-order valence-corrected chi connectivity index (χ2v) is 3.66. The van der Waals surface area contributed by atoms with Crippen molar-refractivity contribution in [2.45, 2.75) is 38.0 Å². The van der Waals surface area contributed by atoms with Gasteiger partial charge in [-0.15, -0.1) is 5.10 Å². The van der Waals surface area contributed by atoms with Crippen LogP contribution in [0.15, 0.2) is 6.20 Å². The van der Waals surface area contributed by atoms with Gasteiger partial charge in [0, 0.05) is 6.04 Å². The number of aliphatic hydroxyl groups excluding tert-OH is 1. The van der Waals surface area contributed by atoms with Gasteiger partial charge in [0.05, 0.1) is 24.0 Å². The zero-order valence-corrected chi connectivity index (χ0v) is 7.59. The Kier molecular flexibility index (Phi) is 2.05. The van der Waals surface area contributed by atoms with Crippen molar-refractivity contribution in [2.75, 3.05) is 0 Å². The highest BCUT2D eigenvalue weighted by Crippen LogP contribution is 2.31. The number of aliphatic hydroxyl groups is 1. The molecule has 0 radical (unpaired) electrons. The van der Waals surface area contributed by atoms with Gasteiger partial charge in [0.15, 0.2) is 0 Å². The van der Waals surface area contributed by atoms with Crippen LogP contribution in [0.3, 0.4) is 0 Å². The number of rotatable bonds is 2. The SMILES string of the molecule is C[C@@H](O)c1cnnn1[C@H]1C[C@@H](N)C1. The fraction of sp³-hybridized carbons (Fsp3) is 0.750. The molecule has 0 amide bonds. The smallest absolute Gasteiger partial charge is 0.0945 e. The minimum atomic E-state index is -0.508. The zero-order valence-electron chi connectivity index (χ0n) is 7.59. The molecule has 0 aromatic carbocycles. The van der Waals surface area contributed by atoms with Crippen LogP contribution in [0.4, 0.5) is 0 Å². The Hall–Kier alpha value is -0.940. The summed E-state index contributed by atoms with van der Waals surface area (Å²) in [6.45, 7) is 1.72. The molecule has 1 aliphatic carbocycles. The van der Waals surface area contributed by atoms with E-state index in [9.17, 15) is 5.11 Å². The third-order valence-electron chi connectivity index (χ3n) is 2.53. The second-order valence-electron chi connectivity index (χ2n) is 3.66. The molecular formula is C8H14N4O. The van der Waals surface area contributed by atoms with Crippen LogP contribution in [0.5, 0.6) is 0 Å². The summed E-state index contributed by atoms with van der Waals surface area (Å²) in [5, 5.41) is 17.1. The molecule has 0 unspecified atom stereocenters. The molecule has 3 N–H and O–H groups in total. The number of hydrogen-bond donors (Lipinski definition) is 2. The summed E-state index contributed by atoms with van der Waals surface area (Å²) in [6.07, 6.45) is 2.97. The maximum Gasteiger partial charge on any atom is 0.0945 e. The van der Waals surface area contributed by atoms with Crippen molar-refractivity contribution >= 4 is 0 Å². The fourth-order valence-electron chi connectivity index (χ4n) is 1.66. The largest absolute Gasteiger partial charge is 0.387 e. The number of hydrogen-bond acceptors (Lipinski definition) is 4. The topological polar surface area (TPSA) is 77.0 Å². The minimum absolute atomic E-state index is 0.288. The van der Waals surface area contributed by atoms with Gasteiger partial charge in [0.1, 0.15) is 0 Å². The Labute approximate surface area is 76.5 Å². The van der Waals surface area contributed by atoms with Crippen LogP contribution in [0, 0.1) is 0 Å². The van der Waals surface area contributed by atoms with Crippen LogP contribution in [0.25, 0.3) is 0 Å². The van der Waals surface area contributed by atoms with Gasteiger partial charge in [-0.3, -0.25) is 0 Å². The van der Waals surface area contributed by atoms with Crippen molar-refractivity contribution in [3.8, 4) is 0 Å². The molecule has 2 rings (SSSR count). The van der Waals surface area contributed by atoms with E-state index in [0.717, 1.165) is 18.5 Å². The molecular weight excluding hydrogens is 168 g/mol. The molecule has 13 heavy (non-hydrogen) atoms. The molecule has 1 saturated carbocycles. The lowest BCUT2D eigenvalue weighted by Crippen LogP contribution is -2.38. The van der Waals surface area contributed by atoms with Crippen LogP contribution in [0.1, 0.15) is 37.6 Å². The van der Waals surface area contributed by atoms with Crippen molar-refractivity contribution in [3.05, 3.63) is 11.9 Å². The molecule has 0 bridgehead atoms. The summed E-state index contributed by atoms with van der Waals surface area (Å²) in [6, 6.07) is 0.623. The minimum Gasteiger partial charge on any atom is -0.387 e. The second kappa shape index (κ2) is 3.08. The highest BCUT2D eigenvalue weighted by molar-refractivity contribution is 5.02. The van der Waals surface area contributed by atoms with E-state index in [1.807, 2.05) is 0 Å². The molecule has 5 heteroatoms. The van der Waals surface area contributed by atoms with E-state index in [4.69, 9.17) is 5.73 Å². The Morgan fingerprint density at radius 1 is 1.69 bits per heavy atom. The first-order chi connectivity index (χ1) is 6.18. The molecule has 1 aromatic heterocycles. The average Bonchev–Trinajstić information content (AvgIpc) is 2.45. The first-order valence-corrected chi connectivity index (χ1v) is 4.52. The summed E-state index contributed by atoms with van der Waals surface area (Å²) >= 11 is 0. The Morgan fingerprint density at radius 3 is 2.92 bits per heavy atom. The van der Waals surface area contributed by atoms with Crippen LogP contribution in [0.2, 0.25) is 0 Å². The molecule has 0 saturated heterocycles. The predicted octanol–water partition coefficient (Wildman–Crippen LogP) is -0.00640. The molecule has 1 atom stereocenters. The molecule has 72 valence electrons. The van der Waals surface area contributed by atoms with E-state index < -0.39 is 6.10 Å². The predicted molar refractivity (Wildman–Crippen MR) is 46.9 cm³/mol. The lowest BCUT2D eigenvalue weighted by atomic mass is 9.87. The maximum atomic E-state index is 9.40. The Bertz CT molecular complexity index is 290. The normalized spacial score (nSPS) is 29.8. The van der Waals surface area contributed by atoms with Crippen molar-refractivity contribution in [1.29, 1.82) is 0 Å². The van der Waals surface area contributed by atoms with Gasteiger partial charge < -0.3 is 10.8 Å². The quantitative estimate of drug-likeness (QED) is 0.674. The monoisotopic (exact) mass is 182 g/mol. The van der Waals surface area contributed by atoms with E-state index >= 15 is 0 Å². The van der Waals surface area contributed by atoms with E-state index in [1.165, 1.54) is 0 Å². The van der Waals surface area contributed by atoms with Gasteiger partial charge >= 0.3 is 0 Å². The van der Waals surface area contributed by atoms with E-state index in [1.54, 1.807) is 17.8 Å². The first-order valence-electron chi connectivity index (χ1n) is 4.52. The maximum absolute atomic E-state index is 9.40. The summed E-state index contributed by atoms with van der Waals surface area (Å²) in [5.74, 6) is 0. The van der Waals surface area contributed by atoms with Crippen LogP contribution < -0.4 is 5.73 Å². The van der Waals surface area contributed by atoms with Gasteiger partial charge in [-0.2, -0.15) is 0 Å². The zero-order chi connectivity index (χ0) is 9.42. The van der Waals surface area contributed by atoms with Gasteiger partial charge in [-0.05, 0) is 19.8 Å². The molecule has 1 aromatic rings. The van der Waals surface area contributed by atoms with Gasteiger partial charge in [-0.25, -0.2) is 4.68 Å². The number of aromatic nitrogens is 3. The van der Waals surface area contributed by atoms with Crippen LogP contribution in [-0.4, -0.2) is 26.1 Å². The van der Waals surface area contributed by atoms with Crippen molar-refractivity contribution in [2.24, 2.45) is 5.73 Å². The Morgan fingerprint density at radius 2 is 2.38 bits per heavy atom. The third kappa shape index (κ3) is 1.45. The van der Waals surface area contributed by atoms with Crippen LogP contribution in [-0.2, 0) is 0 Å². The lowest BCUT2D eigenvalue weighted by Gasteiger charge is -2.33. The van der Waals surface area contributed by atoms with Gasteiger partial charge in [-0.1, -0.05) is 5.21 Å². The average molecular weight is 182 g/mol. The highest BCUT2D eigenvalue weighted by atomic mass is 16.3. The molecule has 1 aliphatic rings. The van der Waals surface area contributed by atoms with Crippen LogP contribution >= 0.6 is 0 Å². The Balaban J connectivity index is 2.16. The summed E-state index contributed by atoms with van der Waals surface area (Å²) in [7, 11) is 0. The molecule has 0 aliphatic heterocycles. The summed E-state index contributed by atoms with van der Waals surface area (Å²) in [4.78, 5) is 0. The third-order valence-corrected chi connectivity index (χ3v) is 2.53. The molecule has 1 fully saturated rings. The standard InChI is InChI=1S/C8H14N4O/c1-5(13)8-4-10-11-12(8)7-2-6(9)3-7/h4-7,13H,2-3,9H2,1H3/t5-,6-,7+/m1/s1. The summed E-state index contributed by atoms with van der Waals surface area (Å²) in [5.41, 5.74) is 6.45. The number of nitrogens with two attached hydrogens (primary N) is 1. The first kappa shape index (κ1) is 8.65. The fourth-order valence-corrected chi connectivity index (χ4v) is 1.66. The van der Waals surface area contributed by atoms with Gasteiger partial charge in [0.2, 0.25) is 0 Å². The summed E-state index contributed by atoms with van der Waals surface area (Å²) < 4.78 is 1.79. The van der Waals surface area contributed by atoms with E-state index in [0.29, 0.717) is 6.04 Å². The van der Waals surface area contributed by atoms with E-state index in [-0.39, 0.29) is 6.04 Å². The van der Waals surface area contributed by atoms with E-state index in [2.05, 4.69) is 10.3 Å². The molecule has 0 spiro atoms. The highest BCUT2D eigenvalue weighted by Gasteiger charge is 2.30. The molecule has 1 heterocycles. The number of nitrogens with zero attached hydrogens (tertiary/aromatic N) is 3.